The quantitative estimate of drug-likeness (QED) is 0.719. The molecule has 0 aliphatic rings. The molecule has 0 fully saturated rings. The first-order chi connectivity index (χ1) is 12.1. The van der Waals surface area contributed by atoms with E-state index in [1.807, 2.05) is 19.1 Å². The van der Waals surface area contributed by atoms with Gasteiger partial charge in [-0.3, -0.25) is 5.10 Å². The summed E-state index contributed by atoms with van der Waals surface area (Å²) in [7, 11) is 1.58. The molecule has 0 unspecified atom stereocenters. The lowest BCUT2D eigenvalue weighted by molar-refractivity contribution is 0.310. The summed E-state index contributed by atoms with van der Waals surface area (Å²) in [4.78, 5) is 4.39. The molecule has 1 heterocycles. The number of halogens is 1. The first kappa shape index (κ1) is 16.9. The van der Waals surface area contributed by atoms with E-state index < -0.39 is 6.04 Å². The molecule has 3 N–H and O–H groups in total. The largest absolute Gasteiger partial charge is 0.493 e. The molecule has 0 aliphatic heterocycles. The third-order valence-electron chi connectivity index (χ3n) is 3.73. The fourth-order valence-electron chi connectivity index (χ4n) is 2.48. The number of ether oxygens (including phenoxy) is 2. The minimum Gasteiger partial charge on any atom is -0.493 e. The van der Waals surface area contributed by atoms with Gasteiger partial charge in [-0.2, -0.15) is 5.10 Å². The van der Waals surface area contributed by atoms with Gasteiger partial charge in [0.25, 0.3) is 0 Å². The molecule has 130 valence electrons. The molecule has 0 bridgehead atoms. The molecule has 1 atom stereocenters. The van der Waals surface area contributed by atoms with Crippen LogP contribution in [0, 0.1) is 5.82 Å². The lowest BCUT2D eigenvalue weighted by Gasteiger charge is -2.14. The number of benzene rings is 2. The lowest BCUT2D eigenvalue weighted by atomic mass is 10.1. The summed E-state index contributed by atoms with van der Waals surface area (Å²) in [5, 5.41) is 6.95. The molecular formula is C18H19FN4O2. The number of methoxy groups -OCH3 is 1. The van der Waals surface area contributed by atoms with Gasteiger partial charge in [0.05, 0.1) is 19.8 Å². The maximum Gasteiger partial charge on any atom is 0.181 e. The van der Waals surface area contributed by atoms with Crippen molar-refractivity contribution in [2.45, 2.75) is 13.0 Å². The Labute approximate surface area is 144 Å². The highest BCUT2D eigenvalue weighted by Crippen LogP contribution is 2.31. The number of aromatic amines is 1. The molecule has 0 radical (unpaired) electrons. The summed E-state index contributed by atoms with van der Waals surface area (Å²) < 4.78 is 24.2. The Bertz CT molecular complexity index is 866. The summed E-state index contributed by atoms with van der Waals surface area (Å²) in [5.74, 6) is 1.78. The van der Waals surface area contributed by atoms with Gasteiger partial charge in [-0.05, 0) is 36.8 Å². The molecular weight excluding hydrogens is 323 g/mol. The maximum absolute atomic E-state index is 13.4. The van der Waals surface area contributed by atoms with Gasteiger partial charge in [-0.15, -0.1) is 0 Å². The van der Waals surface area contributed by atoms with E-state index >= 15 is 0 Å². The highest BCUT2D eigenvalue weighted by atomic mass is 19.1. The van der Waals surface area contributed by atoms with E-state index in [4.69, 9.17) is 15.2 Å². The molecule has 0 amide bonds. The van der Waals surface area contributed by atoms with Gasteiger partial charge < -0.3 is 15.2 Å². The summed E-state index contributed by atoms with van der Waals surface area (Å²) in [6.07, 6.45) is 0. The van der Waals surface area contributed by atoms with Crippen LogP contribution in [0.3, 0.4) is 0 Å². The zero-order valence-electron chi connectivity index (χ0n) is 14.0. The van der Waals surface area contributed by atoms with Crippen molar-refractivity contribution in [1.29, 1.82) is 0 Å². The van der Waals surface area contributed by atoms with Crippen molar-refractivity contribution in [3.8, 4) is 22.9 Å². The van der Waals surface area contributed by atoms with E-state index in [1.165, 1.54) is 12.1 Å². The summed E-state index contributed by atoms with van der Waals surface area (Å²) in [6, 6.07) is 11.0. The van der Waals surface area contributed by atoms with Crippen molar-refractivity contribution < 1.29 is 13.9 Å². The molecule has 3 rings (SSSR count). The smallest absolute Gasteiger partial charge is 0.181 e. The third-order valence-corrected chi connectivity index (χ3v) is 3.73. The van der Waals surface area contributed by atoms with Crippen LogP contribution in [0.2, 0.25) is 0 Å². The van der Waals surface area contributed by atoms with Crippen molar-refractivity contribution in [2.24, 2.45) is 5.73 Å². The molecule has 3 aromatic rings. The molecule has 2 aromatic carbocycles. The Morgan fingerprint density at radius 1 is 1.20 bits per heavy atom. The van der Waals surface area contributed by atoms with E-state index in [0.717, 1.165) is 5.56 Å². The second kappa shape index (κ2) is 7.31. The number of H-pyrrole nitrogens is 1. The van der Waals surface area contributed by atoms with Gasteiger partial charge in [0.1, 0.15) is 11.6 Å². The summed E-state index contributed by atoms with van der Waals surface area (Å²) in [5.41, 5.74) is 7.67. The predicted molar refractivity (Wildman–Crippen MR) is 92.0 cm³/mol. The Kier molecular flexibility index (Phi) is 4.95. The Morgan fingerprint density at radius 3 is 2.76 bits per heavy atom. The van der Waals surface area contributed by atoms with E-state index in [0.29, 0.717) is 35.3 Å². The van der Waals surface area contributed by atoms with Crippen LogP contribution in [0.25, 0.3) is 11.4 Å². The normalized spacial score (nSPS) is 12.0. The second-order valence-corrected chi connectivity index (χ2v) is 5.38. The van der Waals surface area contributed by atoms with Crippen LogP contribution in [-0.2, 0) is 0 Å². The molecule has 0 aliphatic carbocycles. The molecule has 7 heteroatoms. The average Bonchev–Trinajstić information content (AvgIpc) is 3.11. The third kappa shape index (κ3) is 3.61. The van der Waals surface area contributed by atoms with E-state index in [-0.39, 0.29) is 5.82 Å². The topological polar surface area (TPSA) is 86.0 Å². The number of nitrogens with two attached hydrogens (primary N) is 1. The fraction of sp³-hybridized carbons (Fsp3) is 0.222. The van der Waals surface area contributed by atoms with Crippen molar-refractivity contribution in [3.05, 3.63) is 59.7 Å². The average molecular weight is 342 g/mol. The van der Waals surface area contributed by atoms with Crippen molar-refractivity contribution in [3.63, 3.8) is 0 Å². The maximum atomic E-state index is 13.4. The zero-order chi connectivity index (χ0) is 17.8. The highest BCUT2D eigenvalue weighted by Gasteiger charge is 2.17. The first-order valence-corrected chi connectivity index (χ1v) is 7.87. The SMILES string of the molecule is CCOc1cc([C@H](N)c2nc(-c3cccc(F)c3)n[nH]2)ccc1OC. The first-order valence-electron chi connectivity index (χ1n) is 7.87. The van der Waals surface area contributed by atoms with Gasteiger partial charge in [-0.1, -0.05) is 18.2 Å². The molecule has 0 saturated heterocycles. The van der Waals surface area contributed by atoms with E-state index in [9.17, 15) is 4.39 Å². The number of hydrogen-bond acceptors (Lipinski definition) is 5. The van der Waals surface area contributed by atoms with Crippen LogP contribution < -0.4 is 15.2 Å². The Morgan fingerprint density at radius 2 is 2.04 bits per heavy atom. The van der Waals surface area contributed by atoms with Gasteiger partial charge in [0.2, 0.25) is 0 Å². The lowest BCUT2D eigenvalue weighted by Crippen LogP contribution is -2.14. The molecule has 0 saturated carbocycles. The Hall–Kier alpha value is -2.93. The molecule has 6 nitrogen and oxygen atoms in total. The minimum absolute atomic E-state index is 0.343. The second-order valence-electron chi connectivity index (χ2n) is 5.38. The summed E-state index contributed by atoms with van der Waals surface area (Å²) in [6.45, 7) is 2.41. The van der Waals surface area contributed by atoms with Gasteiger partial charge in [0, 0.05) is 5.56 Å². The van der Waals surface area contributed by atoms with E-state index in [2.05, 4.69) is 15.2 Å². The van der Waals surface area contributed by atoms with Crippen LogP contribution in [0.15, 0.2) is 42.5 Å². The Balaban J connectivity index is 1.89. The number of nitrogens with zero attached hydrogens (tertiary/aromatic N) is 2. The van der Waals surface area contributed by atoms with Gasteiger partial charge in [-0.25, -0.2) is 9.37 Å². The van der Waals surface area contributed by atoms with Crippen molar-refractivity contribution in [2.75, 3.05) is 13.7 Å². The van der Waals surface area contributed by atoms with Crippen LogP contribution >= 0.6 is 0 Å². The molecule has 1 aromatic heterocycles. The van der Waals surface area contributed by atoms with Gasteiger partial charge >= 0.3 is 0 Å². The fourth-order valence-corrected chi connectivity index (χ4v) is 2.48. The van der Waals surface area contributed by atoms with Crippen molar-refractivity contribution >= 4 is 0 Å². The monoisotopic (exact) mass is 342 g/mol. The summed E-state index contributed by atoms with van der Waals surface area (Å²) >= 11 is 0. The number of rotatable bonds is 6. The standard InChI is InChI=1S/C18H19FN4O2/c1-3-25-15-10-11(7-8-14(15)24-2)16(20)18-21-17(22-23-18)12-5-4-6-13(19)9-12/h4-10,16H,3,20H2,1-2H3,(H,21,22,23)/t16-/m0/s1. The van der Waals surface area contributed by atoms with Gasteiger partial charge in [0.15, 0.2) is 17.3 Å². The van der Waals surface area contributed by atoms with Crippen LogP contribution in [0.1, 0.15) is 24.4 Å². The van der Waals surface area contributed by atoms with Crippen molar-refractivity contribution in [1.82, 2.24) is 15.2 Å². The van der Waals surface area contributed by atoms with Crippen LogP contribution in [0.5, 0.6) is 11.5 Å². The van der Waals surface area contributed by atoms with Crippen LogP contribution in [-0.4, -0.2) is 28.9 Å². The molecule has 25 heavy (non-hydrogen) atoms. The minimum atomic E-state index is -0.528. The van der Waals surface area contributed by atoms with Crippen LogP contribution in [0.4, 0.5) is 4.39 Å². The van der Waals surface area contributed by atoms with E-state index in [1.54, 1.807) is 25.3 Å². The zero-order valence-corrected chi connectivity index (χ0v) is 14.0. The molecule has 0 spiro atoms. The number of hydrogen-bond donors (Lipinski definition) is 2. The predicted octanol–water partition coefficient (Wildman–Crippen LogP) is 3.07. The number of aromatic nitrogens is 3. The highest BCUT2D eigenvalue weighted by molar-refractivity contribution is 5.54. The number of nitrogens with one attached hydrogen (secondary N) is 1.